The molecule has 24 heavy (non-hydrogen) atoms. The normalized spacial score (nSPS) is 18.1. The smallest absolute Gasteiger partial charge is 0.266 e. The Labute approximate surface area is 149 Å². The van der Waals surface area contributed by atoms with E-state index in [9.17, 15) is 4.79 Å². The maximum absolute atomic E-state index is 12.8. The van der Waals surface area contributed by atoms with Gasteiger partial charge in [-0.25, -0.2) is 0 Å². The monoisotopic (exact) mass is 346 g/mol. The molecule has 4 nitrogen and oxygen atoms in total. The van der Waals surface area contributed by atoms with Crippen LogP contribution in [0.4, 0.5) is 0 Å². The number of ether oxygens (including phenoxy) is 1. The zero-order chi connectivity index (χ0) is 15.9. The first kappa shape index (κ1) is 18.3. The summed E-state index contributed by atoms with van der Waals surface area (Å²) in [7, 11) is 0. The minimum atomic E-state index is -0.638. The summed E-state index contributed by atoms with van der Waals surface area (Å²) in [5, 5.41) is 6.42. The Morgan fingerprint density at radius 1 is 1.08 bits per heavy atom. The topological polar surface area (TPSA) is 50.4 Å². The van der Waals surface area contributed by atoms with Gasteiger partial charge in [0.05, 0.1) is 0 Å². The maximum Gasteiger partial charge on any atom is 0.266 e. The van der Waals surface area contributed by atoms with E-state index in [0.717, 1.165) is 31.5 Å². The third kappa shape index (κ3) is 4.98. The quantitative estimate of drug-likeness (QED) is 0.874. The lowest BCUT2D eigenvalue weighted by Crippen LogP contribution is -2.47. The molecule has 0 aliphatic carbocycles. The van der Waals surface area contributed by atoms with Crippen LogP contribution < -0.4 is 15.4 Å². The lowest BCUT2D eigenvalue weighted by atomic mass is 10.1. The van der Waals surface area contributed by atoms with E-state index in [1.54, 1.807) is 0 Å². The van der Waals surface area contributed by atoms with Crippen molar-refractivity contribution in [1.29, 1.82) is 0 Å². The molecule has 0 bridgehead atoms. The fraction of sp³-hybridized carbons (Fsp3) is 0.316. The second kappa shape index (κ2) is 9.30. The van der Waals surface area contributed by atoms with E-state index >= 15 is 0 Å². The van der Waals surface area contributed by atoms with Crippen molar-refractivity contribution < 1.29 is 9.53 Å². The van der Waals surface area contributed by atoms with Crippen molar-refractivity contribution in [3.05, 3.63) is 66.2 Å². The van der Waals surface area contributed by atoms with Crippen LogP contribution in [0, 0.1) is 0 Å². The fourth-order valence-electron chi connectivity index (χ4n) is 2.79. The first-order valence-corrected chi connectivity index (χ1v) is 8.10. The molecule has 0 aromatic heterocycles. The summed E-state index contributed by atoms with van der Waals surface area (Å²) in [6.45, 7) is 1.84. The van der Waals surface area contributed by atoms with Crippen LogP contribution in [0.15, 0.2) is 60.7 Å². The number of carbonyl (C=O) groups excluding carboxylic acids is 1. The number of hydrogen-bond acceptors (Lipinski definition) is 3. The molecule has 1 aliphatic heterocycles. The van der Waals surface area contributed by atoms with Gasteiger partial charge in [-0.3, -0.25) is 4.79 Å². The zero-order valence-corrected chi connectivity index (χ0v) is 14.3. The predicted molar refractivity (Wildman–Crippen MR) is 97.5 cm³/mol. The van der Waals surface area contributed by atoms with Crippen molar-refractivity contribution in [3.8, 4) is 5.75 Å². The lowest BCUT2D eigenvalue weighted by molar-refractivity contribution is -0.129. The molecule has 0 saturated carbocycles. The van der Waals surface area contributed by atoms with Crippen LogP contribution in [0.2, 0.25) is 0 Å². The van der Waals surface area contributed by atoms with Gasteiger partial charge in [-0.2, -0.15) is 0 Å². The van der Waals surface area contributed by atoms with Crippen molar-refractivity contribution >= 4 is 18.3 Å². The number of carbonyl (C=O) groups is 1. The van der Waals surface area contributed by atoms with Crippen LogP contribution in [0.3, 0.4) is 0 Å². The summed E-state index contributed by atoms with van der Waals surface area (Å²) in [5.74, 6) is 0.604. The van der Waals surface area contributed by atoms with Crippen molar-refractivity contribution in [2.45, 2.75) is 25.0 Å². The molecule has 1 fully saturated rings. The van der Waals surface area contributed by atoms with E-state index in [2.05, 4.69) is 10.6 Å². The number of nitrogens with one attached hydrogen (secondary N) is 2. The van der Waals surface area contributed by atoms with Gasteiger partial charge in [0, 0.05) is 18.2 Å². The number of amides is 1. The van der Waals surface area contributed by atoms with Crippen LogP contribution in [-0.2, 0) is 4.79 Å². The van der Waals surface area contributed by atoms with Gasteiger partial charge in [-0.1, -0.05) is 48.5 Å². The maximum atomic E-state index is 12.8. The number of halogens is 1. The highest BCUT2D eigenvalue weighted by Crippen LogP contribution is 2.22. The van der Waals surface area contributed by atoms with Gasteiger partial charge >= 0.3 is 0 Å². The lowest BCUT2D eigenvalue weighted by Gasteiger charge is -2.26. The minimum absolute atomic E-state index is 0. The van der Waals surface area contributed by atoms with Crippen LogP contribution in [-0.4, -0.2) is 25.0 Å². The predicted octanol–water partition coefficient (Wildman–Crippen LogP) is 3.10. The number of para-hydroxylation sites is 1. The molecule has 0 spiro atoms. The molecule has 2 aromatic carbocycles. The second-order valence-corrected chi connectivity index (χ2v) is 5.77. The summed E-state index contributed by atoms with van der Waals surface area (Å²) in [5.41, 5.74) is 0.859. The van der Waals surface area contributed by atoms with Crippen molar-refractivity contribution in [1.82, 2.24) is 10.6 Å². The highest BCUT2D eigenvalue weighted by molar-refractivity contribution is 5.85. The second-order valence-electron chi connectivity index (χ2n) is 5.77. The molecule has 3 rings (SSSR count). The van der Waals surface area contributed by atoms with Gasteiger partial charge in [-0.05, 0) is 31.5 Å². The Bertz CT molecular complexity index is 616. The highest BCUT2D eigenvalue weighted by atomic mass is 35.5. The van der Waals surface area contributed by atoms with E-state index in [1.165, 1.54) is 0 Å². The largest absolute Gasteiger partial charge is 0.476 e. The molecule has 2 N–H and O–H groups in total. The summed E-state index contributed by atoms with van der Waals surface area (Å²) in [4.78, 5) is 12.8. The zero-order valence-electron chi connectivity index (χ0n) is 13.5. The van der Waals surface area contributed by atoms with Gasteiger partial charge in [-0.15, -0.1) is 12.4 Å². The first-order valence-electron chi connectivity index (χ1n) is 8.10. The molecule has 1 saturated heterocycles. The summed E-state index contributed by atoms with van der Waals surface area (Å²) in [6, 6.07) is 19.3. The summed E-state index contributed by atoms with van der Waals surface area (Å²) >= 11 is 0. The molecule has 1 aliphatic rings. The SMILES string of the molecule is Cl.O=C(N[C@H]1CCCNC1)C(Oc1ccccc1)c1ccccc1. The molecular weight excluding hydrogens is 324 g/mol. The third-order valence-electron chi connectivity index (χ3n) is 3.98. The number of piperidine rings is 1. The van der Waals surface area contributed by atoms with Crippen LogP contribution in [0.5, 0.6) is 5.75 Å². The number of hydrogen-bond donors (Lipinski definition) is 2. The minimum Gasteiger partial charge on any atom is -0.476 e. The van der Waals surface area contributed by atoms with Crippen LogP contribution in [0.25, 0.3) is 0 Å². The van der Waals surface area contributed by atoms with Gasteiger partial charge in [0.15, 0.2) is 0 Å². The van der Waals surface area contributed by atoms with Crippen LogP contribution >= 0.6 is 12.4 Å². The van der Waals surface area contributed by atoms with Crippen molar-refractivity contribution in [2.24, 2.45) is 0 Å². The highest BCUT2D eigenvalue weighted by Gasteiger charge is 2.25. The number of rotatable bonds is 5. The molecule has 1 heterocycles. The first-order chi connectivity index (χ1) is 11.3. The standard InChI is InChI=1S/C19H22N2O2.ClH/c22-19(21-16-10-7-13-20-14-16)18(15-8-3-1-4-9-15)23-17-11-5-2-6-12-17;/h1-6,8-9,11-12,16,18,20H,7,10,13-14H2,(H,21,22);1H/t16-,18?;/m0./s1. The Hall–Kier alpha value is -2.04. The van der Waals surface area contributed by atoms with Gasteiger partial charge in [0.25, 0.3) is 5.91 Å². The molecule has 1 unspecified atom stereocenters. The Morgan fingerprint density at radius 2 is 1.75 bits per heavy atom. The Balaban J connectivity index is 0.00000208. The number of benzene rings is 2. The average Bonchev–Trinajstić information content (AvgIpc) is 2.62. The average molecular weight is 347 g/mol. The van der Waals surface area contributed by atoms with E-state index in [-0.39, 0.29) is 24.4 Å². The van der Waals surface area contributed by atoms with Gasteiger partial charge in [0.1, 0.15) is 5.75 Å². The van der Waals surface area contributed by atoms with E-state index in [4.69, 9.17) is 4.74 Å². The van der Waals surface area contributed by atoms with E-state index in [1.807, 2.05) is 60.7 Å². The summed E-state index contributed by atoms with van der Waals surface area (Å²) in [6.07, 6.45) is 1.45. The molecular formula is C19H23ClN2O2. The van der Waals surface area contributed by atoms with Crippen molar-refractivity contribution in [3.63, 3.8) is 0 Å². The van der Waals surface area contributed by atoms with Gasteiger partial charge in [0.2, 0.25) is 6.10 Å². The molecule has 1 amide bonds. The fourth-order valence-corrected chi connectivity index (χ4v) is 2.79. The van der Waals surface area contributed by atoms with Crippen LogP contribution in [0.1, 0.15) is 24.5 Å². The van der Waals surface area contributed by atoms with E-state index < -0.39 is 6.10 Å². The Morgan fingerprint density at radius 3 is 2.38 bits per heavy atom. The third-order valence-corrected chi connectivity index (χ3v) is 3.98. The molecule has 128 valence electrons. The molecule has 2 atom stereocenters. The summed E-state index contributed by atoms with van der Waals surface area (Å²) < 4.78 is 5.97. The Kier molecular flexibility index (Phi) is 7.09. The molecule has 2 aromatic rings. The van der Waals surface area contributed by atoms with E-state index in [0.29, 0.717) is 5.75 Å². The molecule has 0 radical (unpaired) electrons. The molecule has 5 heteroatoms. The van der Waals surface area contributed by atoms with Crippen molar-refractivity contribution in [2.75, 3.05) is 13.1 Å². The van der Waals surface area contributed by atoms with Gasteiger partial charge < -0.3 is 15.4 Å².